The molecule has 0 saturated carbocycles. The largest absolute Gasteiger partial charge is 0.477 e. The highest BCUT2D eigenvalue weighted by Gasteiger charge is 2.09. The number of hydrogen-bond donors (Lipinski definition) is 0. The van der Waals surface area contributed by atoms with Crippen molar-refractivity contribution in [1.29, 1.82) is 0 Å². The van der Waals surface area contributed by atoms with Crippen LogP contribution in [-0.2, 0) is 6.54 Å². The Hall–Kier alpha value is -1.45. The summed E-state index contributed by atoms with van der Waals surface area (Å²) in [5.74, 6) is 0.574. The summed E-state index contributed by atoms with van der Waals surface area (Å²) in [6.45, 7) is 8.92. The Balaban J connectivity index is 2.16. The lowest BCUT2D eigenvalue weighted by molar-refractivity contribution is 0.294. The molecule has 3 nitrogen and oxygen atoms in total. The second-order valence-electron chi connectivity index (χ2n) is 4.67. The lowest BCUT2D eigenvalue weighted by Crippen LogP contribution is -2.05. The number of rotatable bonds is 7. The Labute approximate surface area is 135 Å². The molecule has 0 aliphatic heterocycles. The van der Waals surface area contributed by atoms with Crippen molar-refractivity contribution < 1.29 is 4.74 Å². The van der Waals surface area contributed by atoms with Gasteiger partial charge in [-0.15, -0.1) is 5.10 Å². The van der Waals surface area contributed by atoms with E-state index in [2.05, 4.69) is 12.0 Å². The first-order chi connectivity index (χ1) is 10.1. The normalized spacial score (nSPS) is 10.6. The average Bonchev–Trinajstić information content (AvgIpc) is 2.84. The third-order valence-electron chi connectivity index (χ3n) is 3.04. The van der Waals surface area contributed by atoms with Gasteiger partial charge in [-0.05, 0) is 30.2 Å². The average molecular weight is 324 g/mol. The molecule has 0 spiro atoms. The van der Waals surface area contributed by atoms with Crippen molar-refractivity contribution in [3.05, 3.63) is 52.1 Å². The van der Waals surface area contributed by atoms with Gasteiger partial charge in [0.1, 0.15) is 0 Å². The number of ether oxygens (including phenoxy) is 1. The van der Waals surface area contributed by atoms with E-state index in [1.54, 1.807) is 16.8 Å². The van der Waals surface area contributed by atoms with Gasteiger partial charge in [0.15, 0.2) is 0 Å². The van der Waals surface area contributed by atoms with Crippen LogP contribution in [0.25, 0.3) is 6.08 Å². The van der Waals surface area contributed by atoms with E-state index in [0.717, 1.165) is 24.1 Å². The summed E-state index contributed by atoms with van der Waals surface area (Å²) in [4.78, 5) is 0. The highest BCUT2D eigenvalue weighted by molar-refractivity contribution is 6.35. The lowest BCUT2D eigenvalue weighted by Gasteiger charge is -2.07. The molecule has 0 atom stereocenters. The summed E-state index contributed by atoms with van der Waals surface area (Å²) in [7, 11) is 0. The highest BCUT2D eigenvalue weighted by atomic mass is 35.5. The summed E-state index contributed by atoms with van der Waals surface area (Å²) in [6, 6.07) is 7.22. The van der Waals surface area contributed by atoms with Crippen LogP contribution in [0.1, 0.15) is 31.0 Å². The van der Waals surface area contributed by atoms with Crippen LogP contribution in [0.4, 0.5) is 0 Å². The third kappa shape index (κ3) is 4.26. The Kier molecular flexibility index (Phi) is 5.71. The molecule has 0 amide bonds. The van der Waals surface area contributed by atoms with Crippen molar-refractivity contribution in [2.45, 2.75) is 26.3 Å². The summed E-state index contributed by atoms with van der Waals surface area (Å²) in [5, 5.41) is 5.62. The van der Waals surface area contributed by atoms with Gasteiger partial charge < -0.3 is 4.74 Å². The quantitative estimate of drug-likeness (QED) is 0.680. The van der Waals surface area contributed by atoms with E-state index in [-0.39, 0.29) is 0 Å². The van der Waals surface area contributed by atoms with Gasteiger partial charge in [0.2, 0.25) is 5.88 Å². The van der Waals surface area contributed by atoms with E-state index < -0.39 is 0 Å². The molecule has 0 aliphatic carbocycles. The molecule has 1 aromatic heterocycles. The summed E-state index contributed by atoms with van der Waals surface area (Å²) < 4.78 is 7.36. The topological polar surface area (TPSA) is 27.1 Å². The van der Waals surface area contributed by atoms with E-state index in [1.165, 1.54) is 6.08 Å². The molecule has 1 radical (unpaired) electrons. The van der Waals surface area contributed by atoms with Crippen LogP contribution < -0.4 is 4.74 Å². The zero-order valence-corrected chi connectivity index (χ0v) is 13.4. The minimum Gasteiger partial charge on any atom is -0.477 e. The van der Waals surface area contributed by atoms with Crippen LogP contribution in [0, 0.1) is 6.58 Å². The number of aromatic nitrogens is 2. The Morgan fingerprint density at radius 3 is 2.81 bits per heavy atom. The smallest absolute Gasteiger partial charge is 0.233 e. The molecule has 1 aromatic carbocycles. The molecule has 2 aromatic rings. The van der Waals surface area contributed by atoms with E-state index in [4.69, 9.17) is 34.5 Å². The van der Waals surface area contributed by atoms with E-state index in [0.29, 0.717) is 29.1 Å². The minimum absolute atomic E-state index is 0.510. The van der Waals surface area contributed by atoms with Gasteiger partial charge >= 0.3 is 0 Å². The van der Waals surface area contributed by atoms with Gasteiger partial charge in [0.25, 0.3) is 0 Å². The molecule has 0 bridgehead atoms. The van der Waals surface area contributed by atoms with Crippen LogP contribution in [-0.4, -0.2) is 16.4 Å². The maximum Gasteiger partial charge on any atom is 0.233 e. The number of benzene rings is 1. The van der Waals surface area contributed by atoms with Gasteiger partial charge in [-0.25, -0.2) is 0 Å². The molecule has 2 rings (SSSR count). The molecule has 5 heteroatoms. The van der Waals surface area contributed by atoms with E-state index >= 15 is 0 Å². The van der Waals surface area contributed by atoms with Crippen molar-refractivity contribution >= 4 is 29.3 Å². The van der Waals surface area contributed by atoms with Gasteiger partial charge in [-0.2, -0.15) is 0 Å². The van der Waals surface area contributed by atoms with Crippen LogP contribution in [0.2, 0.25) is 10.0 Å². The number of hydrogen-bond acceptors (Lipinski definition) is 2. The number of halogens is 2. The van der Waals surface area contributed by atoms with Crippen LogP contribution in [0.5, 0.6) is 5.88 Å². The standard InChI is InChI=1S/C16H17Cl2N2O/c1-3-5-8-21-16-10-14(4-2)20(19-16)11-12-6-7-13(17)9-15(12)18/h2,4,6-7,9-10H,3,5,8,11H2,1H3. The lowest BCUT2D eigenvalue weighted by atomic mass is 10.2. The van der Waals surface area contributed by atoms with Crippen LogP contribution in [0.3, 0.4) is 0 Å². The third-order valence-corrected chi connectivity index (χ3v) is 3.63. The first-order valence-electron chi connectivity index (χ1n) is 6.83. The maximum atomic E-state index is 6.19. The predicted molar refractivity (Wildman–Crippen MR) is 87.0 cm³/mol. The second-order valence-corrected chi connectivity index (χ2v) is 5.51. The highest BCUT2D eigenvalue weighted by Crippen LogP contribution is 2.23. The zero-order chi connectivity index (χ0) is 15.2. The van der Waals surface area contributed by atoms with Gasteiger partial charge in [-0.1, -0.05) is 49.2 Å². The van der Waals surface area contributed by atoms with Crippen molar-refractivity contribution in [2.24, 2.45) is 0 Å². The number of nitrogens with zero attached hydrogens (tertiary/aromatic N) is 2. The first-order valence-corrected chi connectivity index (χ1v) is 7.59. The maximum absolute atomic E-state index is 6.19. The zero-order valence-electron chi connectivity index (χ0n) is 11.9. The SMILES string of the molecule is [CH]=Cc1cc(OCCCC)nn1Cc1ccc(Cl)cc1Cl. The molecule has 0 fully saturated rings. The molecule has 0 N–H and O–H groups in total. The van der Waals surface area contributed by atoms with Crippen molar-refractivity contribution in [2.75, 3.05) is 6.61 Å². The molecular formula is C16H17Cl2N2O. The molecule has 0 unspecified atom stereocenters. The fourth-order valence-corrected chi connectivity index (χ4v) is 2.34. The molecule has 21 heavy (non-hydrogen) atoms. The van der Waals surface area contributed by atoms with Crippen LogP contribution in [0.15, 0.2) is 24.3 Å². The molecular weight excluding hydrogens is 307 g/mol. The van der Waals surface area contributed by atoms with E-state index in [9.17, 15) is 0 Å². The fourth-order valence-electron chi connectivity index (χ4n) is 1.87. The molecule has 1 heterocycles. The summed E-state index contributed by atoms with van der Waals surface area (Å²) >= 11 is 12.1. The Bertz CT molecular complexity index is 623. The Morgan fingerprint density at radius 2 is 2.14 bits per heavy atom. The Morgan fingerprint density at radius 1 is 1.33 bits per heavy atom. The second kappa shape index (κ2) is 7.53. The summed E-state index contributed by atoms with van der Waals surface area (Å²) in [6.07, 6.45) is 3.58. The van der Waals surface area contributed by atoms with Crippen LogP contribution >= 0.6 is 23.2 Å². The number of unbranched alkanes of at least 4 members (excludes halogenated alkanes) is 1. The summed E-state index contributed by atoms with van der Waals surface area (Å²) in [5.41, 5.74) is 1.71. The van der Waals surface area contributed by atoms with Gasteiger partial charge in [0, 0.05) is 16.1 Å². The van der Waals surface area contributed by atoms with Gasteiger partial charge in [-0.3, -0.25) is 4.68 Å². The predicted octanol–water partition coefficient (Wildman–Crippen LogP) is 4.86. The van der Waals surface area contributed by atoms with Crippen molar-refractivity contribution in [3.63, 3.8) is 0 Å². The molecule has 0 aliphatic rings. The van der Waals surface area contributed by atoms with Crippen molar-refractivity contribution in [3.8, 4) is 5.88 Å². The van der Waals surface area contributed by atoms with Crippen molar-refractivity contribution in [1.82, 2.24) is 9.78 Å². The first kappa shape index (κ1) is 15.9. The molecule has 0 saturated heterocycles. The monoisotopic (exact) mass is 323 g/mol. The van der Waals surface area contributed by atoms with E-state index in [1.807, 2.05) is 12.1 Å². The molecule has 111 valence electrons. The fraction of sp³-hybridized carbons (Fsp3) is 0.312. The van der Waals surface area contributed by atoms with Gasteiger partial charge in [0.05, 0.1) is 18.8 Å². The minimum atomic E-state index is 0.510.